The fraction of sp³-hybridized carbons (Fsp3) is 0.483. The van der Waals surface area contributed by atoms with Crippen LogP contribution in [0.5, 0.6) is 0 Å². The third-order valence-corrected chi connectivity index (χ3v) is 8.80. The zero-order chi connectivity index (χ0) is 30.9. The van der Waals surface area contributed by atoms with E-state index in [0.717, 1.165) is 12.1 Å². The van der Waals surface area contributed by atoms with E-state index in [1.54, 1.807) is 53.4 Å². The first-order valence-electron chi connectivity index (χ1n) is 13.8. The summed E-state index contributed by atoms with van der Waals surface area (Å²) in [5.74, 6) is -2.17. The van der Waals surface area contributed by atoms with Gasteiger partial charge >= 0.3 is 12.1 Å². The van der Waals surface area contributed by atoms with Gasteiger partial charge in [-0.15, -0.1) is 0 Å². The van der Waals surface area contributed by atoms with Crippen LogP contribution in [0.15, 0.2) is 53.4 Å². The number of halogens is 3. The zero-order valence-electron chi connectivity index (χ0n) is 23.3. The van der Waals surface area contributed by atoms with Crippen molar-refractivity contribution in [1.29, 1.82) is 0 Å². The third-order valence-electron chi connectivity index (χ3n) is 7.40. The van der Waals surface area contributed by atoms with Gasteiger partial charge in [0.15, 0.2) is 0 Å². The van der Waals surface area contributed by atoms with Gasteiger partial charge in [-0.2, -0.15) is 13.2 Å². The number of rotatable bonds is 7. The van der Waals surface area contributed by atoms with Gasteiger partial charge in [-0.25, -0.2) is 13.2 Å². The molecular weight excluding hydrogens is 575 g/mol. The summed E-state index contributed by atoms with van der Waals surface area (Å²) in [6, 6.07) is 13.1. The quantitative estimate of drug-likeness (QED) is 0.405. The van der Waals surface area contributed by atoms with Crippen molar-refractivity contribution < 1.29 is 41.1 Å². The summed E-state index contributed by atoms with van der Waals surface area (Å²) in [6.45, 7) is 3.76. The van der Waals surface area contributed by atoms with E-state index in [1.807, 2.05) is 6.92 Å². The molecular formula is C29H36F3N3O6S. The summed E-state index contributed by atoms with van der Waals surface area (Å²) < 4.78 is 59.5. The van der Waals surface area contributed by atoms with E-state index < -0.39 is 22.2 Å². The van der Waals surface area contributed by atoms with Crippen LogP contribution in [-0.4, -0.2) is 62.0 Å². The molecule has 9 nitrogen and oxygen atoms in total. The Morgan fingerprint density at radius 1 is 0.905 bits per heavy atom. The fourth-order valence-corrected chi connectivity index (χ4v) is 5.98. The molecule has 42 heavy (non-hydrogen) atoms. The number of piperidine rings is 1. The Kier molecular flexibility index (Phi) is 11.4. The molecule has 2 aromatic carbocycles. The summed E-state index contributed by atoms with van der Waals surface area (Å²) in [6.07, 6.45) is 2.50. The van der Waals surface area contributed by atoms with Crippen molar-refractivity contribution in [2.24, 2.45) is 11.8 Å². The molecule has 2 aliphatic rings. The maximum atomic E-state index is 12.9. The lowest BCUT2D eigenvalue weighted by atomic mass is 9.89. The standard InChI is InChI=1S/C27H35N3O4S.C2HF3O2/c1-20-7-13-25(14-8-20)35(33,34)29-24-11-9-23(10-12-24)27(32)30-17-15-22(16-18-30)26(31)28-19-21-5-3-2-4-6-21;3-2(4,5)1(6)7/h7-14,21-22,29H,2-6,15-19H2,1H3,(H,28,31);(H,6,7). The summed E-state index contributed by atoms with van der Waals surface area (Å²) in [5.41, 5.74) is 1.88. The highest BCUT2D eigenvalue weighted by molar-refractivity contribution is 7.92. The lowest BCUT2D eigenvalue weighted by Crippen LogP contribution is -2.43. The number of aryl methyl sites for hydroxylation is 1. The number of hydrogen-bond acceptors (Lipinski definition) is 5. The number of nitrogens with one attached hydrogen (secondary N) is 2. The maximum Gasteiger partial charge on any atom is 0.490 e. The van der Waals surface area contributed by atoms with E-state index in [0.29, 0.717) is 43.1 Å². The van der Waals surface area contributed by atoms with Crippen LogP contribution in [0.4, 0.5) is 18.9 Å². The second kappa shape index (κ2) is 14.5. The molecule has 230 valence electrons. The minimum Gasteiger partial charge on any atom is -0.475 e. The first-order chi connectivity index (χ1) is 19.8. The first kappa shape index (κ1) is 32.9. The zero-order valence-corrected chi connectivity index (χ0v) is 24.1. The Labute approximate surface area is 243 Å². The van der Waals surface area contributed by atoms with Crippen LogP contribution in [0.25, 0.3) is 0 Å². The average Bonchev–Trinajstić information content (AvgIpc) is 2.96. The van der Waals surface area contributed by atoms with Gasteiger partial charge < -0.3 is 15.3 Å². The number of carbonyl (C=O) groups is 3. The van der Waals surface area contributed by atoms with Crippen LogP contribution in [0.2, 0.25) is 0 Å². The molecule has 0 aromatic heterocycles. The van der Waals surface area contributed by atoms with Crippen LogP contribution in [0, 0.1) is 18.8 Å². The Morgan fingerprint density at radius 2 is 1.45 bits per heavy atom. The number of alkyl halides is 3. The number of benzene rings is 2. The van der Waals surface area contributed by atoms with Gasteiger partial charge in [-0.1, -0.05) is 37.0 Å². The van der Waals surface area contributed by atoms with Crippen molar-refractivity contribution in [2.45, 2.75) is 62.9 Å². The predicted octanol–water partition coefficient (Wildman–Crippen LogP) is 4.98. The Morgan fingerprint density at radius 3 is 1.98 bits per heavy atom. The van der Waals surface area contributed by atoms with Crippen molar-refractivity contribution in [3.8, 4) is 0 Å². The second-order valence-corrected chi connectivity index (χ2v) is 12.3. The number of carboxylic acids is 1. The molecule has 4 rings (SSSR count). The number of nitrogens with zero attached hydrogens (tertiary/aromatic N) is 1. The van der Waals surface area contributed by atoms with Gasteiger partial charge in [0.05, 0.1) is 4.90 Å². The molecule has 2 aromatic rings. The Balaban J connectivity index is 0.000000616. The molecule has 1 aliphatic carbocycles. The highest BCUT2D eigenvalue weighted by Gasteiger charge is 2.38. The van der Waals surface area contributed by atoms with E-state index in [9.17, 15) is 31.2 Å². The third kappa shape index (κ3) is 9.74. The topological polar surface area (TPSA) is 133 Å². The highest BCUT2D eigenvalue weighted by atomic mass is 32.2. The smallest absolute Gasteiger partial charge is 0.475 e. The number of carbonyl (C=O) groups excluding carboxylic acids is 2. The number of hydrogen-bond donors (Lipinski definition) is 3. The normalized spacial score (nSPS) is 16.6. The summed E-state index contributed by atoms with van der Waals surface area (Å²) in [4.78, 5) is 36.4. The van der Waals surface area contributed by atoms with Crippen molar-refractivity contribution in [3.05, 3.63) is 59.7 Å². The molecule has 0 unspecified atom stereocenters. The summed E-state index contributed by atoms with van der Waals surface area (Å²) >= 11 is 0. The Hall–Kier alpha value is -3.61. The largest absolute Gasteiger partial charge is 0.490 e. The average molecular weight is 612 g/mol. The number of amides is 2. The Bertz CT molecular complexity index is 1320. The van der Waals surface area contributed by atoms with Crippen LogP contribution in [0.3, 0.4) is 0 Å². The summed E-state index contributed by atoms with van der Waals surface area (Å²) in [5, 5.41) is 10.3. The number of likely N-dealkylation sites (tertiary alicyclic amines) is 1. The summed E-state index contributed by atoms with van der Waals surface area (Å²) in [7, 11) is -3.69. The SMILES string of the molecule is Cc1ccc(S(=O)(=O)Nc2ccc(C(=O)N3CCC(C(=O)NCC4CCCCC4)CC3)cc2)cc1.O=C(O)C(F)(F)F. The fourth-order valence-electron chi connectivity index (χ4n) is 4.92. The number of sulfonamides is 1. The molecule has 3 N–H and O–H groups in total. The van der Waals surface area contributed by atoms with Crippen molar-refractivity contribution in [2.75, 3.05) is 24.4 Å². The van der Waals surface area contributed by atoms with Crippen molar-refractivity contribution in [1.82, 2.24) is 10.2 Å². The van der Waals surface area contributed by atoms with Gasteiger partial charge in [-0.05, 0) is 74.9 Å². The van der Waals surface area contributed by atoms with Gasteiger partial charge in [0.2, 0.25) is 5.91 Å². The van der Waals surface area contributed by atoms with Crippen LogP contribution >= 0.6 is 0 Å². The van der Waals surface area contributed by atoms with E-state index in [4.69, 9.17) is 9.90 Å². The molecule has 1 aliphatic heterocycles. The highest BCUT2D eigenvalue weighted by Crippen LogP contribution is 2.24. The minimum atomic E-state index is -5.08. The molecule has 0 atom stereocenters. The molecule has 2 fully saturated rings. The van der Waals surface area contributed by atoms with E-state index in [2.05, 4.69) is 10.0 Å². The number of carboxylic acid groups (broad SMARTS) is 1. The molecule has 2 amide bonds. The molecule has 1 heterocycles. The minimum absolute atomic E-state index is 0.0406. The second-order valence-electron chi connectivity index (χ2n) is 10.6. The molecule has 13 heteroatoms. The van der Waals surface area contributed by atoms with Crippen molar-refractivity contribution in [3.63, 3.8) is 0 Å². The maximum absolute atomic E-state index is 12.9. The van der Waals surface area contributed by atoms with Gasteiger partial charge in [-0.3, -0.25) is 14.3 Å². The van der Waals surface area contributed by atoms with Gasteiger partial charge in [0.1, 0.15) is 0 Å². The van der Waals surface area contributed by atoms with E-state index >= 15 is 0 Å². The van der Waals surface area contributed by atoms with E-state index in [-0.39, 0.29) is 22.6 Å². The lowest BCUT2D eigenvalue weighted by molar-refractivity contribution is -0.192. The number of anilines is 1. The molecule has 1 saturated carbocycles. The lowest BCUT2D eigenvalue weighted by Gasteiger charge is -2.32. The van der Waals surface area contributed by atoms with Crippen LogP contribution < -0.4 is 10.0 Å². The van der Waals surface area contributed by atoms with Crippen molar-refractivity contribution >= 4 is 33.5 Å². The number of aliphatic carboxylic acids is 1. The van der Waals surface area contributed by atoms with Crippen LogP contribution in [0.1, 0.15) is 60.9 Å². The van der Waals surface area contributed by atoms with Crippen LogP contribution in [-0.2, 0) is 19.6 Å². The first-order valence-corrected chi connectivity index (χ1v) is 15.3. The molecule has 0 bridgehead atoms. The molecule has 0 spiro atoms. The monoisotopic (exact) mass is 611 g/mol. The van der Waals surface area contributed by atoms with Gasteiger partial charge in [0, 0.05) is 36.8 Å². The molecule has 1 saturated heterocycles. The molecule has 0 radical (unpaired) electrons. The predicted molar refractivity (Wildman–Crippen MR) is 150 cm³/mol. The van der Waals surface area contributed by atoms with E-state index in [1.165, 1.54) is 32.1 Å². The van der Waals surface area contributed by atoms with Gasteiger partial charge in [0.25, 0.3) is 15.9 Å².